The number of ether oxygens (including phenoxy) is 9. The number of hydrogen-bond acceptors (Lipinski definition) is 28. The minimum atomic E-state index is -5.39. The van der Waals surface area contributed by atoms with Crippen molar-refractivity contribution >= 4 is 26.7 Å². The fraction of sp³-hybridized carbons (Fsp3) is 0.969. The van der Waals surface area contributed by atoms with Gasteiger partial charge in [0.25, 0.3) is 0 Å². The summed E-state index contributed by atoms with van der Waals surface area (Å²) in [7, 11) is -10.5. The largest absolute Gasteiger partial charge is 0.397 e. The first-order chi connectivity index (χ1) is 30.3. The molecule has 5 fully saturated rings. The summed E-state index contributed by atoms with van der Waals surface area (Å²) in [6, 6.07) is -1.94. The topological polar surface area (TPSA) is 482 Å². The Balaban J connectivity index is 1.55. The Labute approximate surface area is 368 Å². The van der Waals surface area contributed by atoms with Gasteiger partial charge in [-0.2, -0.15) is 16.8 Å². The first kappa shape index (κ1) is 54.3. The van der Waals surface area contributed by atoms with Crippen LogP contribution in [0.3, 0.4) is 0 Å². The molecule has 5 saturated heterocycles. The second-order valence-electron chi connectivity index (χ2n) is 15.6. The summed E-state index contributed by atoms with van der Waals surface area (Å²) >= 11 is 0. The van der Waals surface area contributed by atoms with E-state index in [-0.39, 0.29) is 0 Å². The second-order valence-corrected chi connectivity index (χ2v) is 17.8. The van der Waals surface area contributed by atoms with Crippen molar-refractivity contribution in [1.82, 2.24) is 5.32 Å². The quantitative estimate of drug-likeness (QED) is 0.0567. The molecule has 1 amide bonds. The van der Waals surface area contributed by atoms with Crippen LogP contribution in [0.25, 0.3) is 0 Å². The van der Waals surface area contributed by atoms with Crippen LogP contribution in [-0.4, -0.2) is 273 Å². The predicted molar refractivity (Wildman–Crippen MR) is 196 cm³/mol. The average molecular weight is 998 g/mol. The van der Waals surface area contributed by atoms with Gasteiger partial charge in [-0.05, 0) is 6.92 Å². The summed E-state index contributed by atoms with van der Waals surface area (Å²) in [5.74, 6) is -0.955. The molecule has 5 aliphatic heterocycles. The normalized spacial score (nSPS) is 46.5. The van der Waals surface area contributed by atoms with E-state index in [0.717, 1.165) is 6.92 Å². The van der Waals surface area contributed by atoms with Crippen LogP contribution in [0.1, 0.15) is 13.8 Å². The van der Waals surface area contributed by atoms with Crippen molar-refractivity contribution in [2.75, 3.05) is 33.0 Å². The van der Waals surface area contributed by atoms with Gasteiger partial charge < -0.3 is 109 Å². The van der Waals surface area contributed by atoms with Crippen molar-refractivity contribution in [1.29, 1.82) is 0 Å². The van der Waals surface area contributed by atoms with Crippen LogP contribution in [-0.2, 0) is 76.6 Å². The van der Waals surface area contributed by atoms with Crippen LogP contribution in [0.5, 0.6) is 0 Å². The van der Waals surface area contributed by atoms with Gasteiger partial charge in [-0.3, -0.25) is 13.9 Å². The first-order valence-electron chi connectivity index (χ1n) is 19.7. The SMILES string of the molecule is CC(=O)N[C@H]1[C@H](O[C@H]2[C@@H](O)[C@@H](CO)O[C@@H](O[C@H]3[C@H](O)[C@@H](CO)O[C@@H]3COS(=O)(=O)O)[C@@H]2O)O[C@H](COS(=O)(=O)O)[C@@H](O[C@@H]2O[C@H](CO)[C@H](O)[C@H](O)[C@H]2O)[C@@H]1O[C@@H]1O[C@@H](C)[C@@H](O)[C@@H](O)[C@@H]1O. The average Bonchev–Trinajstić information content (AvgIpc) is 3.54. The van der Waals surface area contributed by atoms with Crippen molar-refractivity contribution in [3.05, 3.63) is 0 Å². The maximum absolute atomic E-state index is 12.9. The molecule has 15 N–H and O–H groups in total. The van der Waals surface area contributed by atoms with Crippen molar-refractivity contribution in [3.63, 3.8) is 0 Å². The lowest BCUT2D eigenvalue weighted by atomic mass is 9.93. The fourth-order valence-electron chi connectivity index (χ4n) is 7.69. The van der Waals surface area contributed by atoms with Gasteiger partial charge in [0.1, 0.15) is 116 Å². The Morgan fingerprint density at radius 2 is 0.877 bits per heavy atom. The number of hydrogen-bond donors (Lipinski definition) is 15. The molecule has 31 nitrogen and oxygen atoms in total. The summed E-state index contributed by atoms with van der Waals surface area (Å²) in [4.78, 5) is 12.9. The maximum Gasteiger partial charge on any atom is 0.397 e. The van der Waals surface area contributed by atoms with Gasteiger partial charge in [-0.25, -0.2) is 8.37 Å². The van der Waals surface area contributed by atoms with E-state index in [2.05, 4.69) is 13.7 Å². The van der Waals surface area contributed by atoms with Gasteiger partial charge in [0.2, 0.25) is 5.91 Å². The molecular formula is C32H55NO30S2. The molecule has 5 rings (SSSR count). The third kappa shape index (κ3) is 13.0. The van der Waals surface area contributed by atoms with Gasteiger partial charge in [0.05, 0.1) is 39.1 Å². The number of amides is 1. The van der Waals surface area contributed by atoms with Crippen LogP contribution in [0.4, 0.5) is 0 Å². The Morgan fingerprint density at radius 1 is 0.477 bits per heavy atom. The van der Waals surface area contributed by atoms with E-state index in [4.69, 9.17) is 47.2 Å². The molecule has 0 aromatic heterocycles. The third-order valence-electron chi connectivity index (χ3n) is 11.0. The van der Waals surface area contributed by atoms with Crippen molar-refractivity contribution in [2.45, 2.75) is 161 Å². The van der Waals surface area contributed by atoms with Crippen LogP contribution in [0.2, 0.25) is 0 Å². The zero-order valence-electron chi connectivity index (χ0n) is 34.0. The van der Waals surface area contributed by atoms with E-state index >= 15 is 0 Å². The van der Waals surface area contributed by atoms with Crippen molar-refractivity contribution < 1.29 is 143 Å². The molecule has 5 heterocycles. The summed E-state index contributed by atoms with van der Waals surface area (Å²) in [5, 5.41) is 130. The molecule has 0 spiro atoms. The molecule has 0 aromatic rings. The lowest BCUT2D eigenvalue weighted by Gasteiger charge is -2.51. The Morgan fingerprint density at radius 3 is 1.40 bits per heavy atom. The Kier molecular flexibility index (Phi) is 18.7. The Bertz CT molecular complexity index is 1770. The van der Waals surface area contributed by atoms with Gasteiger partial charge in [-0.15, -0.1) is 0 Å². The highest BCUT2D eigenvalue weighted by Gasteiger charge is 2.58. The van der Waals surface area contributed by atoms with Gasteiger partial charge in [-0.1, -0.05) is 0 Å². The van der Waals surface area contributed by atoms with E-state index in [1.165, 1.54) is 6.92 Å². The molecule has 0 radical (unpaired) electrons. The standard InChI is InChI=1S/C32H55NO30S2/c1-8-16(38)20(42)22(44)30(55-8)62-27-15(33-9(2)37)29(59-14(7-54-65(50,51)52)26(27)61-31-23(45)21(43)17(39)10(3-34)57-31)63-28-19(41)12(5-36)58-32(24(28)46)60-25-13(6-53-64(47,48)49)56-11(4-35)18(25)40/h8,10-32,34-36,38-46H,3-7H2,1-2H3,(H,33,37)(H,47,48,49)(H,50,51,52)/t8-,10+,11+,12+,13+,14+,15+,16+,17-,18+,19-,20+,21-,22-,23+,24+,25+,26+,27+,28-,29-,30-,31-,32-/m0/s1. The van der Waals surface area contributed by atoms with E-state index in [9.17, 15) is 87.5 Å². The molecule has 0 unspecified atom stereocenters. The maximum atomic E-state index is 12.9. The van der Waals surface area contributed by atoms with Crippen molar-refractivity contribution in [3.8, 4) is 0 Å². The lowest BCUT2D eigenvalue weighted by molar-refractivity contribution is -0.387. The zero-order valence-corrected chi connectivity index (χ0v) is 35.6. The molecule has 0 saturated carbocycles. The Hall–Kier alpha value is -1.63. The van der Waals surface area contributed by atoms with Crippen LogP contribution in [0.15, 0.2) is 0 Å². The summed E-state index contributed by atoms with van der Waals surface area (Å²) in [6.07, 6.45) is -44.6. The number of rotatable bonds is 18. The fourth-order valence-corrected chi connectivity index (χ4v) is 8.30. The van der Waals surface area contributed by atoms with Gasteiger partial charge >= 0.3 is 20.8 Å². The predicted octanol–water partition coefficient (Wildman–Crippen LogP) is -10.4. The van der Waals surface area contributed by atoms with Crippen LogP contribution < -0.4 is 5.32 Å². The molecule has 0 bridgehead atoms. The summed E-state index contributed by atoms with van der Waals surface area (Å²) in [6.45, 7) is -3.09. The second kappa shape index (κ2) is 22.4. The molecule has 0 aliphatic carbocycles. The minimum absolute atomic E-state index is 0.876. The molecule has 380 valence electrons. The highest BCUT2D eigenvalue weighted by atomic mass is 32.3. The van der Waals surface area contributed by atoms with Gasteiger partial charge in [0.15, 0.2) is 25.2 Å². The number of carbonyl (C=O) groups is 1. The van der Waals surface area contributed by atoms with Gasteiger partial charge in [0, 0.05) is 6.92 Å². The highest BCUT2D eigenvalue weighted by Crippen LogP contribution is 2.37. The number of aliphatic hydroxyl groups excluding tert-OH is 12. The highest BCUT2D eigenvalue weighted by molar-refractivity contribution is 7.81. The summed E-state index contributed by atoms with van der Waals surface area (Å²) in [5.41, 5.74) is 0. The molecular weight excluding hydrogens is 942 g/mol. The van der Waals surface area contributed by atoms with Crippen LogP contribution in [0, 0.1) is 0 Å². The van der Waals surface area contributed by atoms with Crippen LogP contribution >= 0.6 is 0 Å². The van der Waals surface area contributed by atoms with E-state index in [1.54, 1.807) is 0 Å². The summed E-state index contributed by atoms with van der Waals surface area (Å²) < 4.78 is 126. The lowest BCUT2D eigenvalue weighted by Crippen LogP contribution is -2.71. The molecule has 65 heavy (non-hydrogen) atoms. The number of carbonyl (C=O) groups excluding carboxylic acids is 1. The molecule has 24 atom stereocenters. The van der Waals surface area contributed by atoms with E-state index in [1.807, 2.05) is 0 Å². The van der Waals surface area contributed by atoms with Crippen molar-refractivity contribution in [2.24, 2.45) is 0 Å². The number of aliphatic hydroxyl groups is 12. The first-order valence-corrected chi connectivity index (χ1v) is 22.4. The molecule has 5 aliphatic rings. The third-order valence-corrected chi connectivity index (χ3v) is 11.9. The zero-order chi connectivity index (χ0) is 48.5. The van der Waals surface area contributed by atoms with E-state index < -0.39 is 207 Å². The minimum Gasteiger partial charge on any atom is -0.394 e. The molecule has 33 heteroatoms. The smallest absolute Gasteiger partial charge is 0.394 e. The number of nitrogens with one attached hydrogen (secondary N) is 1. The molecule has 0 aromatic carbocycles. The van der Waals surface area contributed by atoms with E-state index in [0.29, 0.717) is 0 Å². The monoisotopic (exact) mass is 997 g/mol.